The zero-order valence-corrected chi connectivity index (χ0v) is 15.3. The van der Waals surface area contributed by atoms with Crippen LogP contribution in [0.1, 0.15) is 67.7 Å². The van der Waals surface area contributed by atoms with Gasteiger partial charge in [0.15, 0.2) is 0 Å². The third-order valence-corrected chi connectivity index (χ3v) is 4.64. The molecule has 1 saturated carbocycles. The number of hydrogen-bond donors (Lipinski definition) is 0. The zero-order valence-electron chi connectivity index (χ0n) is 15.3. The van der Waals surface area contributed by atoms with Crippen molar-refractivity contribution in [1.29, 1.82) is 0 Å². The summed E-state index contributed by atoms with van der Waals surface area (Å²) >= 11 is 0. The van der Waals surface area contributed by atoms with Crippen molar-refractivity contribution in [2.45, 2.75) is 79.4 Å². The minimum Gasteiger partial charge on any atom is -0.444 e. The lowest BCUT2D eigenvalue weighted by Gasteiger charge is -2.27. The number of ether oxygens (including phenoxy) is 1. The van der Waals surface area contributed by atoms with Gasteiger partial charge in [-0.05, 0) is 59.3 Å². The van der Waals surface area contributed by atoms with Gasteiger partial charge in [0.05, 0.1) is 0 Å². The molecule has 2 rings (SSSR count). The first kappa shape index (κ1) is 17.3. The molecule has 0 N–H and O–H groups in total. The van der Waals surface area contributed by atoms with Crippen LogP contribution in [0.25, 0.3) is 0 Å². The number of rotatable bonds is 1. The smallest absolute Gasteiger partial charge is 0.410 e. The van der Waals surface area contributed by atoms with E-state index in [4.69, 9.17) is 9.73 Å². The standard InChI is InChI=1S/C18H32N2O2/c1-13(2)19-14-10-18(11-17(14,6)7)8-9-20(12-18)15(21)22-16(3,4)5/h13H,8-12H2,1-7H3/b19-14+. The summed E-state index contributed by atoms with van der Waals surface area (Å²) in [5, 5.41) is 0. The van der Waals surface area contributed by atoms with Crippen LogP contribution >= 0.6 is 0 Å². The number of amides is 1. The Morgan fingerprint density at radius 1 is 1.32 bits per heavy atom. The topological polar surface area (TPSA) is 41.9 Å². The molecule has 0 aromatic heterocycles. The van der Waals surface area contributed by atoms with Crippen LogP contribution in [0.5, 0.6) is 0 Å². The number of aliphatic imine (C=N–C) groups is 1. The molecule has 126 valence electrons. The van der Waals surface area contributed by atoms with E-state index >= 15 is 0 Å². The van der Waals surface area contributed by atoms with Gasteiger partial charge in [-0.1, -0.05) is 13.8 Å². The number of carbonyl (C=O) groups is 1. The molecule has 0 aromatic rings. The molecule has 1 spiro atoms. The second-order valence-electron chi connectivity index (χ2n) is 9.06. The van der Waals surface area contributed by atoms with Crippen LogP contribution in [0.3, 0.4) is 0 Å². The highest BCUT2D eigenvalue weighted by molar-refractivity contribution is 5.92. The van der Waals surface area contributed by atoms with E-state index in [2.05, 4.69) is 27.7 Å². The number of nitrogens with zero attached hydrogens (tertiary/aromatic N) is 2. The Balaban J connectivity index is 2.08. The Bertz CT molecular complexity index is 474. The van der Waals surface area contributed by atoms with E-state index in [1.807, 2.05) is 25.7 Å². The van der Waals surface area contributed by atoms with Crippen LogP contribution in [0.2, 0.25) is 0 Å². The fraction of sp³-hybridized carbons (Fsp3) is 0.889. The maximum absolute atomic E-state index is 12.3. The quantitative estimate of drug-likeness (QED) is 0.725. The SMILES string of the molecule is CC(C)/N=C1\CC2(CCN(C(=O)OC(C)(C)C)C2)CC1(C)C. The zero-order chi connectivity index (χ0) is 16.8. The Hall–Kier alpha value is -1.06. The van der Waals surface area contributed by atoms with Gasteiger partial charge in [-0.25, -0.2) is 4.79 Å². The summed E-state index contributed by atoms with van der Waals surface area (Å²) in [5.74, 6) is 0. The lowest BCUT2D eigenvalue weighted by molar-refractivity contribution is 0.0271. The van der Waals surface area contributed by atoms with Crippen LogP contribution < -0.4 is 0 Å². The first-order valence-electron chi connectivity index (χ1n) is 8.48. The molecule has 4 heteroatoms. The summed E-state index contributed by atoms with van der Waals surface area (Å²) in [6, 6.07) is 0.341. The average molecular weight is 308 g/mol. The van der Waals surface area contributed by atoms with Crippen molar-refractivity contribution in [2.75, 3.05) is 13.1 Å². The van der Waals surface area contributed by atoms with Gasteiger partial charge < -0.3 is 9.64 Å². The molecule has 22 heavy (non-hydrogen) atoms. The molecule has 1 saturated heterocycles. The van der Waals surface area contributed by atoms with Gasteiger partial charge in [-0.2, -0.15) is 0 Å². The first-order valence-corrected chi connectivity index (χ1v) is 8.48. The molecule has 1 amide bonds. The molecule has 0 bridgehead atoms. The van der Waals surface area contributed by atoms with Gasteiger partial charge in [0.25, 0.3) is 0 Å². The molecule has 1 unspecified atom stereocenters. The number of likely N-dealkylation sites (tertiary alicyclic amines) is 1. The molecule has 1 heterocycles. The molecule has 1 atom stereocenters. The summed E-state index contributed by atoms with van der Waals surface area (Å²) in [6.07, 6.45) is 3.03. The van der Waals surface area contributed by atoms with Crippen molar-refractivity contribution < 1.29 is 9.53 Å². The summed E-state index contributed by atoms with van der Waals surface area (Å²) < 4.78 is 5.52. The van der Waals surface area contributed by atoms with E-state index in [-0.39, 0.29) is 16.9 Å². The maximum Gasteiger partial charge on any atom is 0.410 e. The van der Waals surface area contributed by atoms with Crippen molar-refractivity contribution in [1.82, 2.24) is 4.90 Å². The van der Waals surface area contributed by atoms with Crippen molar-refractivity contribution in [3.05, 3.63) is 0 Å². The van der Waals surface area contributed by atoms with Gasteiger partial charge in [-0.3, -0.25) is 4.99 Å². The van der Waals surface area contributed by atoms with Gasteiger partial charge in [0.1, 0.15) is 5.60 Å². The Morgan fingerprint density at radius 3 is 2.50 bits per heavy atom. The van der Waals surface area contributed by atoms with Crippen LogP contribution in [-0.4, -0.2) is 41.4 Å². The lowest BCUT2D eigenvalue weighted by Crippen LogP contribution is -2.36. The third-order valence-electron chi connectivity index (χ3n) is 4.64. The molecular formula is C18H32N2O2. The van der Waals surface area contributed by atoms with E-state index in [1.165, 1.54) is 5.71 Å². The van der Waals surface area contributed by atoms with Crippen LogP contribution in [-0.2, 0) is 4.74 Å². The van der Waals surface area contributed by atoms with E-state index in [0.29, 0.717) is 6.04 Å². The van der Waals surface area contributed by atoms with E-state index in [1.54, 1.807) is 0 Å². The van der Waals surface area contributed by atoms with Gasteiger partial charge in [-0.15, -0.1) is 0 Å². The van der Waals surface area contributed by atoms with Crippen molar-refractivity contribution >= 4 is 11.8 Å². The van der Waals surface area contributed by atoms with Crippen LogP contribution in [0, 0.1) is 10.8 Å². The molecule has 2 fully saturated rings. The summed E-state index contributed by atoms with van der Waals surface area (Å²) in [7, 11) is 0. The van der Waals surface area contributed by atoms with Gasteiger partial charge >= 0.3 is 6.09 Å². The Morgan fingerprint density at radius 2 is 1.95 bits per heavy atom. The molecule has 0 aromatic carbocycles. The highest BCUT2D eigenvalue weighted by Crippen LogP contribution is 2.52. The summed E-state index contributed by atoms with van der Waals surface area (Å²) in [4.78, 5) is 19.0. The number of hydrogen-bond acceptors (Lipinski definition) is 3. The third kappa shape index (κ3) is 3.82. The second-order valence-corrected chi connectivity index (χ2v) is 9.06. The molecule has 2 aliphatic rings. The monoisotopic (exact) mass is 308 g/mol. The highest BCUT2D eigenvalue weighted by atomic mass is 16.6. The van der Waals surface area contributed by atoms with Crippen LogP contribution in [0.15, 0.2) is 4.99 Å². The minimum atomic E-state index is -0.425. The van der Waals surface area contributed by atoms with Gasteiger partial charge in [0.2, 0.25) is 0 Å². The first-order chi connectivity index (χ1) is 9.92. The number of carbonyl (C=O) groups excluding carboxylic acids is 1. The van der Waals surface area contributed by atoms with E-state index in [0.717, 1.165) is 32.4 Å². The van der Waals surface area contributed by atoms with Crippen molar-refractivity contribution in [2.24, 2.45) is 15.8 Å². The van der Waals surface area contributed by atoms with Gasteiger partial charge in [0, 0.05) is 30.3 Å². The van der Waals surface area contributed by atoms with E-state index in [9.17, 15) is 4.79 Å². The van der Waals surface area contributed by atoms with E-state index < -0.39 is 5.60 Å². The highest BCUT2D eigenvalue weighted by Gasteiger charge is 2.51. The fourth-order valence-corrected chi connectivity index (χ4v) is 3.93. The minimum absolute atomic E-state index is 0.147. The summed E-state index contributed by atoms with van der Waals surface area (Å²) in [6.45, 7) is 16.2. The Kier molecular flexibility index (Phi) is 4.35. The summed E-state index contributed by atoms with van der Waals surface area (Å²) in [5.41, 5.74) is 1.25. The predicted molar refractivity (Wildman–Crippen MR) is 90.4 cm³/mol. The Labute approximate surface area is 135 Å². The normalized spacial score (nSPS) is 29.8. The lowest BCUT2D eigenvalue weighted by atomic mass is 9.81. The average Bonchev–Trinajstić information content (AvgIpc) is 2.78. The fourth-order valence-electron chi connectivity index (χ4n) is 3.93. The second kappa shape index (κ2) is 5.54. The maximum atomic E-state index is 12.3. The largest absolute Gasteiger partial charge is 0.444 e. The molecular weight excluding hydrogens is 276 g/mol. The molecule has 0 radical (unpaired) electrons. The molecule has 1 aliphatic heterocycles. The van der Waals surface area contributed by atoms with Crippen LogP contribution in [0.4, 0.5) is 4.79 Å². The van der Waals surface area contributed by atoms with Crippen molar-refractivity contribution in [3.63, 3.8) is 0 Å². The van der Waals surface area contributed by atoms with Crippen molar-refractivity contribution in [3.8, 4) is 0 Å². The predicted octanol–water partition coefficient (Wildman–Crippen LogP) is 4.28. The molecule has 1 aliphatic carbocycles. The molecule has 4 nitrogen and oxygen atoms in total.